The molecule has 1 atom stereocenters. The molecule has 3 fully saturated rings. The molecule has 1 aliphatic carbocycles. The van der Waals surface area contributed by atoms with Gasteiger partial charge in [-0.15, -0.1) is 0 Å². The zero-order valence-electron chi connectivity index (χ0n) is 26.8. The molecule has 1 unspecified atom stereocenters. The van der Waals surface area contributed by atoms with Crippen LogP contribution in [0, 0.1) is 10.8 Å². The number of likely N-dealkylation sites (tertiary alicyclic amines) is 1. The van der Waals surface area contributed by atoms with Crippen LogP contribution in [0.3, 0.4) is 0 Å². The number of amides is 5. The van der Waals surface area contributed by atoms with Gasteiger partial charge in [0.05, 0.1) is 34.0 Å². The number of nitrogens with one attached hydrogen (secondary N) is 1. The molecule has 4 aliphatic heterocycles. The third-order valence-electron chi connectivity index (χ3n) is 10.8. The van der Waals surface area contributed by atoms with Crippen LogP contribution in [0.4, 0.5) is 5.69 Å². The topological polar surface area (TPSA) is 110 Å². The van der Waals surface area contributed by atoms with Crippen LogP contribution in [0.5, 0.6) is 0 Å². The van der Waals surface area contributed by atoms with Gasteiger partial charge >= 0.3 is 0 Å². The Morgan fingerprint density at radius 1 is 0.870 bits per heavy atom. The Kier molecular flexibility index (Phi) is 7.58. The second-order valence-corrected chi connectivity index (χ2v) is 16.0. The largest absolute Gasteiger partial charge is 0.339 e. The van der Waals surface area contributed by atoms with Gasteiger partial charge in [0.25, 0.3) is 17.7 Å². The van der Waals surface area contributed by atoms with Crippen LogP contribution in [-0.4, -0.2) is 75.5 Å². The normalized spacial score (nSPS) is 24.5. The lowest BCUT2D eigenvalue weighted by Gasteiger charge is -2.60. The first kappa shape index (κ1) is 31.3. The fourth-order valence-corrected chi connectivity index (χ4v) is 10.9. The Morgan fingerprint density at radius 3 is 1.96 bits per heavy atom. The van der Waals surface area contributed by atoms with Gasteiger partial charge in [-0.05, 0) is 84.0 Å². The van der Waals surface area contributed by atoms with Crippen molar-refractivity contribution in [2.45, 2.75) is 91.0 Å². The summed E-state index contributed by atoms with van der Waals surface area (Å²) >= 11 is 2.42. The molecule has 7 rings (SSSR count). The van der Waals surface area contributed by atoms with Gasteiger partial charge in [-0.2, -0.15) is 0 Å². The van der Waals surface area contributed by atoms with E-state index in [9.17, 15) is 24.0 Å². The summed E-state index contributed by atoms with van der Waals surface area (Å²) in [5, 5.41) is 2.24. The monoisotopic (exact) mass is 737 g/mol. The molecule has 0 radical (unpaired) electrons. The first-order chi connectivity index (χ1) is 21.7. The quantitative estimate of drug-likeness (QED) is 0.270. The van der Waals surface area contributed by atoms with E-state index in [1.807, 2.05) is 29.2 Å². The van der Waals surface area contributed by atoms with Crippen LogP contribution >= 0.6 is 22.9 Å². The molecule has 0 spiro atoms. The van der Waals surface area contributed by atoms with E-state index in [2.05, 4.69) is 76.0 Å². The lowest BCUT2D eigenvalue weighted by Crippen LogP contribution is -2.61. The molecule has 2 saturated heterocycles. The van der Waals surface area contributed by atoms with Gasteiger partial charge in [-0.1, -0.05) is 27.7 Å². The van der Waals surface area contributed by atoms with E-state index < -0.39 is 23.8 Å². The third-order valence-corrected chi connectivity index (χ3v) is 11.9. The molecular weight excluding hydrogens is 697 g/mol. The minimum Gasteiger partial charge on any atom is -0.339 e. The van der Waals surface area contributed by atoms with Gasteiger partial charge in [0.15, 0.2) is 0 Å². The van der Waals surface area contributed by atoms with Crippen LogP contribution < -0.4 is 8.43 Å². The molecular formula is C35H40IN5O5. The summed E-state index contributed by atoms with van der Waals surface area (Å²) in [5.74, 6) is -1.87. The molecule has 0 aromatic heterocycles. The van der Waals surface area contributed by atoms with Crippen LogP contribution in [0.1, 0.15) is 102 Å². The smallest absolute Gasteiger partial charge is 0.262 e. The Balaban J connectivity index is 0.958. The van der Waals surface area contributed by atoms with Crippen LogP contribution in [0.15, 0.2) is 36.4 Å². The van der Waals surface area contributed by atoms with Crippen molar-refractivity contribution in [3.8, 4) is 0 Å². The summed E-state index contributed by atoms with van der Waals surface area (Å²) in [7, 11) is 0. The standard InChI is InChI=1S/C35H40IN5O5/c1-34(2)19-35(3,4)33(34)41(36)24-7-5-20(6-8-24)30(44)38-13-11-23(12-14-38)39-17-21-15-25-26(16-22(21)18-39)32(46)40(31(25)45)27-9-10-28(42)37-29(27)43/h5-8,15-16,23,27,33H,9-14,17-19H2,1-4H3,(H,37,42,43). The third kappa shape index (κ3) is 5.14. The zero-order valence-corrected chi connectivity index (χ0v) is 28.9. The van der Waals surface area contributed by atoms with Crippen molar-refractivity contribution in [3.63, 3.8) is 0 Å². The van der Waals surface area contributed by atoms with Gasteiger partial charge in [0.2, 0.25) is 11.8 Å². The molecule has 5 aliphatic rings. The van der Waals surface area contributed by atoms with Crippen molar-refractivity contribution in [3.05, 3.63) is 64.2 Å². The highest BCUT2D eigenvalue weighted by molar-refractivity contribution is 14.1. The summed E-state index contributed by atoms with van der Waals surface area (Å²) in [4.78, 5) is 69.3. The highest BCUT2D eigenvalue weighted by Crippen LogP contribution is 2.57. The molecule has 4 heterocycles. The summed E-state index contributed by atoms with van der Waals surface area (Å²) < 4.78 is 2.34. The van der Waals surface area contributed by atoms with E-state index in [1.54, 1.807) is 0 Å². The van der Waals surface area contributed by atoms with Crippen molar-refractivity contribution in [1.82, 2.24) is 20.0 Å². The van der Waals surface area contributed by atoms with Crippen molar-refractivity contribution >= 4 is 58.1 Å². The number of hydrogen-bond donors (Lipinski definition) is 1. The number of carbonyl (C=O) groups is 5. The molecule has 2 aromatic rings. The van der Waals surface area contributed by atoms with Crippen molar-refractivity contribution in [2.75, 3.05) is 16.2 Å². The predicted octanol–water partition coefficient (Wildman–Crippen LogP) is 4.69. The number of imide groups is 2. The highest BCUT2D eigenvalue weighted by atomic mass is 127. The minimum atomic E-state index is -0.963. The predicted molar refractivity (Wildman–Crippen MR) is 180 cm³/mol. The van der Waals surface area contributed by atoms with E-state index >= 15 is 0 Å². The fraction of sp³-hybridized carbons (Fsp3) is 0.514. The summed E-state index contributed by atoms with van der Waals surface area (Å²) in [6.45, 7) is 12.0. The molecule has 46 heavy (non-hydrogen) atoms. The number of anilines is 1. The SMILES string of the molecule is CC1(C)CC(C)(C)C1N(I)c1ccc(C(=O)N2CCC(N3Cc4cc5c(cc4C3)C(=O)N(C3CCC(=O)NC3=O)C5=O)CC2)cc1. The number of rotatable bonds is 5. The Bertz CT molecular complexity index is 1600. The Hall–Kier alpha value is -3.32. The number of hydrogen-bond acceptors (Lipinski definition) is 7. The number of piperidine rings is 2. The van der Waals surface area contributed by atoms with Crippen LogP contribution in [-0.2, 0) is 22.7 Å². The van der Waals surface area contributed by atoms with Gasteiger partial charge < -0.3 is 8.01 Å². The number of fused-ring (bicyclic) bond motifs is 2. The maximum absolute atomic E-state index is 13.4. The van der Waals surface area contributed by atoms with Gasteiger partial charge in [0.1, 0.15) is 6.04 Å². The number of carbonyl (C=O) groups excluding carboxylic acids is 5. The van der Waals surface area contributed by atoms with E-state index in [4.69, 9.17) is 0 Å². The average Bonchev–Trinajstić information content (AvgIpc) is 3.53. The molecule has 10 nitrogen and oxygen atoms in total. The molecule has 242 valence electrons. The number of halogens is 1. The average molecular weight is 738 g/mol. The molecule has 5 amide bonds. The van der Waals surface area contributed by atoms with Gasteiger partial charge in [-0.25, -0.2) is 0 Å². The lowest BCUT2D eigenvalue weighted by molar-refractivity contribution is -0.136. The molecule has 1 N–H and O–H groups in total. The lowest BCUT2D eigenvalue weighted by atomic mass is 9.52. The summed E-state index contributed by atoms with van der Waals surface area (Å²) in [5.41, 5.74) is 5.00. The fourth-order valence-electron chi connectivity index (χ4n) is 9.07. The van der Waals surface area contributed by atoms with E-state index in [1.165, 1.54) is 6.42 Å². The molecule has 2 aromatic carbocycles. The van der Waals surface area contributed by atoms with Gasteiger partial charge in [-0.3, -0.25) is 39.1 Å². The van der Waals surface area contributed by atoms with E-state index in [0.717, 1.165) is 34.6 Å². The van der Waals surface area contributed by atoms with E-state index in [-0.39, 0.29) is 35.5 Å². The van der Waals surface area contributed by atoms with Gasteiger partial charge in [0, 0.05) is 55.9 Å². The first-order valence-corrected chi connectivity index (χ1v) is 17.2. The number of nitrogens with zero attached hydrogens (tertiary/aromatic N) is 4. The van der Waals surface area contributed by atoms with Crippen LogP contribution in [0.25, 0.3) is 0 Å². The summed E-state index contributed by atoms with van der Waals surface area (Å²) in [6, 6.07) is 11.4. The highest BCUT2D eigenvalue weighted by Gasteiger charge is 2.55. The van der Waals surface area contributed by atoms with Crippen molar-refractivity contribution in [2.24, 2.45) is 10.8 Å². The minimum absolute atomic E-state index is 0.0630. The van der Waals surface area contributed by atoms with Crippen molar-refractivity contribution < 1.29 is 24.0 Å². The summed E-state index contributed by atoms with van der Waals surface area (Å²) in [6.07, 6.45) is 3.14. The van der Waals surface area contributed by atoms with Crippen LogP contribution in [0.2, 0.25) is 0 Å². The molecule has 11 heteroatoms. The van der Waals surface area contributed by atoms with Crippen molar-refractivity contribution in [1.29, 1.82) is 0 Å². The maximum Gasteiger partial charge on any atom is 0.262 e. The van der Waals surface area contributed by atoms with E-state index in [0.29, 0.717) is 55.0 Å². The zero-order chi connectivity index (χ0) is 32.7. The number of benzene rings is 2. The maximum atomic E-state index is 13.4. The molecule has 1 saturated carbocycles. The second kappa shape index (κ2) is 11.1. The first-order valence-electron chi connectivity index (χ1n) is 16.2. The molecule has 0 bridgehead atoms. The Labute approximate surface area is 283 Å². The second-order valence-electron chi connectivity index (χ2n) is 15.0. The Morgan fingerprint density at radius 2 is 1.43 bits per heavy atom.